The molecule has 23 heavy (non-hydrogen) atoms. The monoisotopic (exact) mass is 317 g/mol. The van der Waals surface area contributed by atoms with Crippen LogP contribution in [-0.2, 0) is 0 Å². The predicted molar refractivity (Wildman–Crippen MR) is 95.5 cm³/mol. The minimum atomic E-state index is 0.0405. The van der Waals surface area contributed by atoms with Gasteiger partial charge in [0.25, 0.3) is 0 Å². The summed E-state index contributed by atoms with van der Waals surface area (Å²) >= 11 is 0. The minimum absolute atomic E-state index is 0.0405. The van der Waals surface area contributed by atoms with Crippen molar-refractivity contribution in [3.8, 4) is 0 Å². The number of rotatable bonds is 7. The average Bonchev–Trinajstić information content (AvgIpc) is 3.23. The first kappa shape index (κ1) is 17.8. The van der Waals surface area contributed by atoms with Crippen LogP contribution in [0.1, 0.15) is 44.7 Å². The van der Waals surface area contributed by atoms with Crippen molar-refractivity contribution in [2.24, 2.45) is 5.92 Å². The number of hydrogen-bond acceptors (Lipinski definition) is 2. The smallest absolute Gasteiger partial charge is 0.318 e. The molecule has 1 unspecified atom stereocenters. The summed E-state index contributed by atoms with van der Waals surface area (Å²) in [5.41, 5.74) is 1.21. The Labute approximate surface area is 140 Å². The highest BCUT2D eigenvalue weighted by Gasteiger charge is 2.45. The Morgan fingerprint density at radius 2 is 1.78 bits per heavy atom. The Kier molecular flexibility index (Phi) is 5.69. The van der Waals surface area contributed by atoms with E-state index in [0.29, 0.717) is 5.92 Å². The van der Waals surface area contributed by atoms with Crippen LogP contribution in [0.2, 0.25) is 0 Å². The molecule has 1 aromatic rings. The first-order valence-corrected chi connectivity index (χ1v) is 8.58. The summed E-state index contributed by atoms with van der Waals surface area (Å²) in [5, 5.41) is 3.29. The van der Waals surface area contributed by atoms with E-state index in [1.165, 1.54) is 5.56 Å². The molecule has 0 saturated heterocycles. The Balaban J connectivity index is 2.08. The van der Waals surface area contributed by atoms with Gasteiger partial charge in [-0.2, -0.15) is 0 Å². The second-order valence-electron chi connectivity index (χ2n) is 7.61. The molecule has 1 saturated carbocycles. The molecule has 4 heteroatoms. The van der Waals surface area contributed by atoms with Crippen LogP contribution >= 0.6 is 0 Å². The third-order valence-corrected chi connectivity index (χ3v) is 4.53. The maximum atomic E-state index is 12.8. The van der Waals surface area contributed by atoms with E-state index in [-0.39, 0.29) is 17.6 Å². The summed E-state index contributed by atoms with van der Waals surface area (Å²) in [6, 6.07) is 10.4. The molecule has 0 spiro atoms. The summed E-state index contributed by atoms with van der Waals surface area (Å²) in [6.07, 6.45) is 3.28. The van der Waals surface area contributed by atoms with Gasteiger partial charge in [-0.1, -0.05) is 44.2 Å². The van der Waals surface area contributed by atoms with Gasteiger partial charge in [0.1, 0.15) is 0 Å². The number of likely N-dealkylation sites (N-methyl/N-ethyl adjacent to an activating group) is 2. The van der Waals surface area contributed by atoms with Crippen molar-refractivity contribution in [3.63, 3.8) is 0 Å². The fourth-order valence-corrected chi connectivity index (χ4v) is 3.24. The molecule has 2 amide bonds. The van der Waals surface area contributed by atoms with Crippen LogP contribution in [-0.4, -0.2) is 49.1 Å². The highest BCUT2D eigenvalue weighted by molar-refractivity contribution is 5.76. The van der Waals surface area contributed by atoms with Gasteiger partial charge >= 0.3 is 6.03 Å². The zero-order valence-corrected chi connectivity index (χ0v) is 15.2. The van der Waals surface area contributed by atoms with E-state index in [4.69, 9.17) is 0 Å². The van der Waals surface area contributed by atoms with Crippen molar-refractivity contribution >= 4 is 6.03 Å². The molecule has 1 aromatic carbocycles. The molecule has 0 heterocycles. The molecule has 4 nitrogen and oxygen atoms in total. The van der Waals surface area contributed by atoms with Gasteiger partial charge in [-0.15, -0.1) is 0 Å². The van der Waals surface area contributed by atoms with E-state index >= 15 is 0 Å². The molecule has 0 bridgehead atoms. The molecule has 128 valence electrons. The van der Waals surface area contributed by atoms with Crippen LogP contribution < -0.4 is 5.32 Å². The minimum Gasteiger partial charge on any atom is -0.333 e. The fraction of sp³-hybridized carbons (Fsp3) is 0.632. The number of carbonyl (C=O) groups is 1. The van der Waals surface area contributed by atoms with E-state index in [2.05, 4.69) is 36.2 Å². The molecule has 1 atom stereocenters. The fourth-order valence-electron chi connectivity index (χ4n) is 3.24. The summed E-state index contributed by atoms with van der Waals surface area (Å²) in [4.78, 5) is 16.8. The van der Waals surface area contributed by atoms with Crippen molar-refractivity contribution < 1.29 is 4.79 Å². The number of benzene rings is 1. The average molecular weight is 317 g/mol. The highest BCUT2D eigenvalue weighted by atomic mass is 16.2. The van der Waals surface area contributed by atoms with Gasteiger partial charge in [0, 0.05) is 19.1 Å². The standard InChI is InChI=1S/C19H31N3O/c1-15(2)13-19(11-12-19)20-18(23)22(5)17(14-21(3)4)16-9-7-6-8-10-16/h6-10,15,17H,11-14H2,1-5H3,(H,20,23). The summed E-state index contributed by atoms with van der Waals surface area (Å²) in [6.45, 7) is 5.24. The zero-order valence-electron chi connectivity index (χ0n) is 15.2. The first-order chi connectivity index (χ1) is 10.8. The van der Waals surface area contributed by atoms with Crippen LogP contribution in [0.25, 0.3) is 0 Å². The number of nitrogens with one attached hydrogen (secondary N) is 1. The Bertz CT molecular complexity index is 509. The van der Waals surface area contributed by atoms with Gasteiger partial charge in [0.15, 0.2) is 0 Å². The molecular formula is C19H31N3O. The van der Waals surface area contributed by atoms with Crippen LogP contribution in [0.3, 0.4) is 0 Å². The van der Waals surface area contributed by atoms with Crippen LogP contribution in [0, 0.1) is 5.92 Å². The summed E-state index contributed by atoms with van der Waals surface area (Å²) < 4.78 is 0. The Morgan fingerprint density at radius 1 is 1.17 bits per heavy atom. The van der Waals surface area contributed by atoms with E-state index in [0.717, 1.165) is 25.8 Å². The van der Waals surface area contributed by atoms with Gasteiger partial charge in [0.05, 0.1) is 6.04 Å². The maximum absolute atomic E-state index is 12.8. The second kappa shape index (κ2) is 7.35. The number of amides is 2. The Hall–Kier alpha value is -1.55. The molecular weight excluding hydrogens is 286 g/mol. The van der Waals surface area contributed by atoms with Crippen molar-refractivity contribution in [2.75, 3.05) is 27.7 Å². The van der Waals surface area contributed by atoms with E-state index in [1.54, 1.807) is 0 Å². The van der Waals surface area contributed by atoms with Gasteiger partial charge in [-0.05, 0) is 44.8 Å². The highest BCUT2D eigenvalue weighted by Crippen LogP contribution is 2.41. The first-order valence-electron chi connectivity index (χ1n) is 8.58. The molecule has 2 rings (SSSR count). The number of hydrogen-bond donors (Lipinski definition) is 1. The van der Waals surface area contributed by atoms with E-state index in [9.17, 15) is 4.79 Å². The normalized spacial score (nSPS) is 17.2. The molecule has 0 aliphatic heterocycles. The SMILES string of the molecule is CC(C)CC1(NC(=O)N(C)C(CN(C)C)c2ccccc2)CC1. The lowest BCUT2D eigenvalue weighted by Crippen LogP contribution is -2.48. The van der Waals surface area contributed by atoms with E-state index < -0.39 is 0 Å². The second-order valence-corrected chi connectivity index (χ2v) is 7.61. The molecule has 1 fully saturated rings. The van der Waals surface area contributed by atoms with Crippen molar-refractivity contribution in [1.82, 2.24) is 15.1 Å². The van der Waals surface area contributed by atoms with Crippen LogP contribution in [0.5, 0.6) is 0 Å². The number of urea groups is 1. The molecule has 0 aromatic heterocycles. The number of nitrogens with zero attached hydrogens (tertiary/aromatic N) is 2. The quantitative estimate of drug-likeness (QED) is 0.835. The van der Waals surface area contributed by atoms with E-state index in [1.807, 2.05) is 44.2 Å². The lowest BCUT2D eigenvalue weighted by Gasteiger charge is -2.33. The van der Waals surface area contributed by atoms with Gasteiger partial charge < -0.3 is 15.1 Å². The van der Waals surface area contributed by atoms with Crippen molar-refractivity contribution in [2.45, 2.75) is 44.7 Å². The third-order valence-electron chi connectivity index (χ3n) is 4.53. The lowest BCUT2D eigenvalue weighted by atomic mass is 10.0. The lowest BCUT2D eigenvalue weighted by molar-refractivity contribution is 0.170. The van der Waals surface area contributed by atoms with Gasteiger partial charge in [0.2, 0.25) is 0 Å². The predicted octanol–water partition coefficient (Wildman–Crippen LogP) is 3.51. The van der Waals surface area contributed by atoms with Crippen LogP contribution in [0.4, 0.5) is 4.79 Å². The van der Waals surface area contributed by atoms with Gasteiger partial charge in [-0.3, -0.25) is 0 Å². The molecule has 0 radical (unpaired) electrons. The zero-order chi connectivity index (χ0) is 17.0. The van der Waals surface area contributed by atoms with Crippen molar-refractivity contribution in [1.29, 1.82) is 0 Å². The largest absolute Gasteiger partial charge is 0.333 e. The molecule has 1 aliphatic carbocycles. The van der Waals surface area contributed by atoms with Crippen molar-refractivity contribution in [3.05, 3.63) is 35.9 Å². The number of carbonyl (C=O) groups excluding carboxylic acids is 1. The summed E-state index contributed by atoms with van der Waals surface area (Å²) in [7, 11) is 5.99. The molecule has 1 aliphatic rings. The topological polar surface area (TPSA) is 35.6 Å². The summed E-state index contributed by atoms with van der Waals surface area (Å²) in [5.74, 6) is 0.606. The van der Waals surface area contributed by atoms with Crippen LogP contribution in [0.15, 0.2) is 30.3 Å². The maximum Gasteiger partial charge on any atom is 0.318 e. The Morgan fingerprint density at radius 3 is 2.26 bits per heavy atom. The van der Waals surface area contributed by atoms with Gasteiger partial charge in [-0.25, -0.2) is 4.79 Å². The molecule has 1 N–H and O–H groups in total. The third kappa shape index (κ3) is 4.96.